The normalized spacial score (nSPS) is 16.6. The van der Waals surface area contributed by atoms with Gasteiger partial charge in [0.15, 0.2) is 0 Å². The van der Waals surface area contributed by atoms with E-state index >= 15 is 4.39 Å². The van der Waals surface area contributed by atoms with Crippen LogP contribution in [0.2, 0.25) is 0 Å². The Morgan fingerprint density at radius 3 is 2.55 bits per heavy atom. The molecule has 5 rings (SSSR count). The molecule has 0 spiro atoms. The van der Waals surface area contributed by atoms with Gasteiger partial charge in [-0.3, -0.25) is 4.79 Å². The van der Waals surface area contributed by atoms with Gasteiger partial charge in [0, 0.05) is 60.4 Å². The van der Waals surface area contributed by atoms with Gasteiger partial charge in [-0.05, 0) is 81.8 Å². The molecule has 0 aliphatic carbocycles. The molecule has 3 heterocycles. The zero-order chi connectivity index (χ0) is 35.3. The molecule has 0 saturated carbocycles. The molecule has 3 atom stereocenters. The van der Waals surface area contributed by atoms with Crippen molar-refractivity contribution in [3.05, 3.63) is 83.4 Å². The van der Waals surface area contributed by atoms with Crippen LogP contribution in [0, 0.1) is 18.7 Å². The Bertz CT molecular complexity index is 1800. The fourth-order valence-corrected chi connectivity index (χ4v) is 6.66. The number of aromatic nitrogens is 2. The first-order valence-corrected chi connectivity index (χ1v) is 16.7. The SMILES string of the molecule is Cc1c(C2CCCN(C(=O)CC(C=NC(=O)OC(C)(C)C)Cc3ccc(-c4ccc(N)nc4)cc3)C2)n(CC(O)CO)c2c(F)cccc12. The third-order valence-electron chi connectivity index (χ3n) is 8.89. The lowest BCUT2D eigenvalue weighted by Crippen LogP contribution is -2.41. The Labute approximate surface area is 286 Å². The number of amides is 2. The van der Waals surface area contributed by atoms with E-state index in [0.717, 1.165) is 46.2 Å². The van der Waals surface area contributed by atoms with Crippen LogP contribution in [0.3, 0.4) is 0 Å². The number of ether oxygens (including phenoxy) is 1. The summed E-state index contributed by atoms with van der Waals surface area (Å²) in [5.41, 5.74) is 10.1. The summed E-state index contributed by atoms with van der Waals surface area (Å²) in [6.07, 6.45) is 3.61. The van der Waals surface area contributed by atoms with Gasteiger partial charge in [-0.15, -0.1) is 0 Å². The number of aliphatic hydroxyl groups is 2. The van der Waals surface area contributed by atoms with Crippen LogP contribution in [-0.4, -0.2) is 74.3 Å². The van der Waals surface area contributed by atoms with Crippen LogP contribution in [-0.2, 0) is 22.5 Å². The summed E-state index contributed by atoms with van der Waals surface area (Å²) >= 11 is 0. The molecule has 2 aromatic heterocycles. The number of nitrogens with zero attached hydrogens (tertiary/aromatic N) is 4. The lowest BCUT2D eigenvalue weighted by atomic mass is 9.90. The van der Waals surface area contributed by atoms with E-state index in [9.17, 15) is 19.8 Å². The van der Waals surface area contributed by atoms with Crippen LogP contribution in [0.15, 0.2) is 65.8 Å². The first-order valence-electron chi connectivity index (χ1n) is 16.7. The number of anilines is 1. The number of rotatable bonds is 10. The van der Waals surface area contributed by atoms with Crippen molar-refractivity contribution in [1.82, 2.24) is 14.5 Å². The number of aryl methyl sites for hydroxylation is 1. The molecule has 10 nitrogen and oxygen atoms in total. The van der Waals surface area contributed by atoms with Crippen molar-refractivity contribution in [2.45, 2.75) is 77.5 Å². The number of benzene rings is 2. The highest BCUT2D eigenvalue weighted by atomic mass is 19.1. The number of nitrogen functional groups attached to an aromatic ring is 1. The van der Waals surface area contributed by atoms with Crippen molar-refractivity contribution in [2.24, 2.45) is 10.9 Å². The van der Waals surface area contributed by atoms with Crippen molar-refractivity contribution in [3.8, 4) is 11.1 Å². The average molecular weight is 672 g/mol. The largest absolute Gasteiger partial charge is 0.442 e. The standard InChI is InChI=1S/C38H46FN5O5/c1-24-31-8-5-9-32(39)36(31)44(22-30(46)23-45)35(24)29-7-6-16-43(21-29)34(47)18-26(19-42-37(48)49-38(2,3)4)17-25-10-12-27(13-11-25)28-14-15-33(40)41-20-28/h5,8-15,19-20,26,29-30,45-46H,6-7,16-18,21-23H2,1-4H3,(H2,40,41). The zero-order valence-electron chi connectivity index (χ0n) is 28.6. The Balaban J connectivity index is 1.36. The Morgan fingerprint density at radius 2 is 1.88 bits per heavy atom. The summed E-state index contributed by atoms with van der Waals surface area (Å²) in [4.78, 5) is 36.5. The van der Waals surface area contributed by atoms with Gasteiger partial charge in [0.1, 0.15) is 17.2 Å². The van der Waals surface area contributed by atoms with Gasteiger partial charge in [0.05, 0.1) is 24.8 Å². The highest BCUT2D eigenvalue weighted by molar-refractivity contribution is 5.87. The molecular weight excluding hydrogens is 625 g/mol. The number of hydrogen-bond acceptors (Lipinski definition) is 7. The Hall–Kier alpha value is -4.61. The molecule has 1 saturated heterocycles. The maximum absolute atomic E-state index is 15.2. The summed E-state index contributed by atoms with van der Waals surface area (Å²) in [6.45, 7) is 7.84. The van der Waals surface area contributed by atoms with E-state index in [1.807, 2.05) is 48.2 Å². The summed E-state index contributed by atoms with van der Waals surface area (Å²) in [7, 11) is 0. The number of pyridine rings is 1. The zero-order valence-corrected chi connectivity index (χ0v) is 28.6. The first-order chi connectivity index (χ1) is 23.3. The minimum absolute atomic E-state index is 0.0401. The predicted octanol–water partition coefficient (Wildman–Crippen LogP) is 6.05. The van der Waals surface area contributed by atoms with Gasteiger partial charge in [0.2, 0.25) is 5.91 Å². The Kier molecular flexibility index (Phi) is 11.1. The maximum Gasteiger partial charge on any atom is 0.433 e. The van der Waals surface area contributed by atoms with Crippen LogP contribution in [0.4, 0.5) is 15.0 Å². The third-order valence-corrected chi connectivity index (χ3v) is 8.89. The molecule has 3 unspecified atom stereocenters. The number of aliphatic hydroxyl groups excluding tert-OH is 2. The summed E-state index contributed by atoms with van der Waals surface area (Å²) in [5, 5.41) is 20.7. The van der Waals surface area contributed by atoms with Crippen molar-refractivity contribution < 1.29 is 28.9 Å². The molecule has 260 valence electrons. The minimum atomic E-state index is -1.06. The van der Waals surface area contributed by atoms with Crippen molar-refractivity contribution in [3.63, 3.8) is 0 Å². The van der Waals surface area contributed by atoms with E-state index < -0.39 is 30.2 Å². The maximum atomic E-state index is 15.2. The van der Waals surface area contributed by atoms with Crippen LogP contribution in [0.25, 0.3) is 22.0 Å². The average Bonchev–Trinajstić information content (AvgIpc) is 3.35. The number of carbonyl (C=O) groups excluding carboxylic acids is 2. The smallest absolute Gasteiger partial charge is 0.433 e. The van der Waals surface area contributed by atoms with E-state index in [1.54, 1.807) is 43.7 Å². The topological polar surface area (TPSA) is 143 Å². The lowest BCUT2D eigenvalue weighted by Gasteiger charge is -2.35. The molecule has 1 fully saturated rings. The second-order valence-corrected chi connectivity index (χ2v) is 13.9. The molecule has 4 aromatic rings. The van der Waals surface area contributed by atoms with Crippen molar-refractivity contribution >= 4 is 34.9 Å². The van der Waals surface area contributed by atoms with Crippen molar-refractivity contribution in [1.29, 1.82) is 0 Å². The first kappa shape index (κ1) is 35.7. The van der Waals surface area contributed by atoms with Crippen LogP contribution in [0.1, 0.15) is 62.8 Å². The number of piperidine rings is 1. The number of carbonyl (C=O) groups is 2. The van der Waals surface area contributed by atoms with Gasteiger partial charge in [0.25, 0.3) is 0 Å². The van der Waals surface area contributed by atoms with Gasteiger partial charge in [-0.25, -0.2) is 14.2 Å². The number of fused-ring (bicyclic) bond motifs is 1. The lowest BCUT2D eigenvalue weighted by molar-refractivity contribution is -0.133. The Morgan fingerprint density at radius 1 is 1.14 bits per heavy atom. The number of nitrogens with two attached hydrogens (primary N) is 1. The molecule has 11 heteroatoms. The summed E-state index contributed by atoms with van der Waals surface area (Å²) in [5.74, 6) is -0.502. The summed E-state index contributed by atoms with van der Waals surface area (Å²) < 4.78 is 22.3. The highest BCUT2D eigenvalue weighted by Gasteiger charge is 2.31. The molecule has 0 radical (unpaired) electrons. The molecule has 2 amide bonds. The molecule has 4 N–H and O–H groups in total. The molecule has 1 aliphatic rings. The fraction of sp³-hybridized carbons (Fsp3) is 0.421. The van der Waals surface area contributed by atoms with Gasteiger partial charge in [-0.1, -0.05) is 36.4 Å². The minimum Gasteiger partial charge on any atom is -0.442 e. The third kappa shape index (κ3) is 8.90. The number of halogens is 1. The molecule has 49 heavy (non-hydrogen) atoms. The van der Waals surface area contributed by atoms with Gasteiger partial charge in [-0.2, -0.15) is 4.99 Å². The van der Waals surface area contributed by atoms with E-state index in [-0.39, 0.29) is 30.7 Å². The molecule has 1 aliphatic heterocycles. The van der Waals surface area contributed by atoms with E-state index in [4.69, 9.17) is 10.5 Å². The van der Waals surface area contributed by atoms with E-state index in [1.165, 1.54) is 12.3 Å². The second-order valence-electron chi connectivity index (χ2n) is 13.9. The van der Waals surface area contributed by atoms with Gasteiger partial charge < -0.3 is 30.2 Å². The molecular formula is C38H46FN5O5. The van der Waals surface area contributed by atoms with Crippen LogP contribution < -0.4 is 5.73 Å². The van der Waals surface area contributed by atoms with Crippen LogP contribution >= 0.6 is 0 Å². The molecule has 0 bridgehead atoms. The fourth-order valence-electron chi connectivity index (χ4n) is 6.66. The monoisotopic (exact) mass is 671 g/mol. The molecule has 2 aromatic carbocycles. The van der Waals surface area contributed by atoms with Gasteiger partial charge >= 0.3 is 6.09 Å². The van der Waals surface area contributed by atoms with Crippen molar-refractivity contribution in [2.75, 3.05) is 25.4 Å². The highest BCUT2D eigenvalue weighted by Crippen LogP contribution is 2.37. The number of hydrogen-bond donors (Lipinski definition) is 3. The predicted molar refractivity (Wildman–Crippen MR) is 189 cm³/mol. The number of aliphatic imine (C=N–C) groups is 1. The number of para-hydroxylation sites is 1. The second kappa shape index (κ2) is 15.3. The van der Waals surface area contributed by atoms with E-state index in [0.29, 0.717) is 30.8 Å². The van der Waals surface area contributed by atoms with Crippen LogP contribution in [0.5, 0.6) is 0 Å². The van der Waals surface area contributed by atoms with E-state index in [2.05, 4.69) is 9.98 Å². The summed E-state index contributed by atoms with van der Waals surface area (Å²) in [6, 6.07) is 16.5. The quantitative estimate of drug-likeness (QED) is 0.174. The number of likely N-dealkylation sites (tertiary alicyclic amines) is 1.